The summed E-state index contributed by atoms with van der Waals surface area (Å²) in [6.45, 7) is 11.4. The van der Waals surface area contributed by atoms with E-state index >= 15 is 0 Å². The molecule has 0 spiro atoms. The van der Waals surface area contributed by atoms with Gasteiger partial charge in [-0.15, -0.1) is 0 Å². The molecule has 1 atom stereocenters. The molecule has 1 aliphatic rings. The van der Waals surface area contributed by atoms with E-state index in [4.69, 9.17) is 0 Å². The van der Waals surface area contributed by atoms with Gasteiger partial charge in [-0.2, -0.15) is 0 Å². The van der Waals surface area contributed by atoms with Gasteiger partial charge >= 0.3 is 0 Å². The molecule has 1 N–H and O–H groups in total. The molecule has 1 amide bonds. The number of hydrogen-bond acceptors (Lipinski definition) is 2. The van der Waals surface area contributed by atoms with Gasteiger partial charge in [0, 0.05) is 18.5 Å². The molecule has 86 valence electrons. The summed E-state index contributed by atoms with van der Waals surface area (Å²) < 4.78 is 0. The van der Waals surface area contributed by atoms with Crippen LogP contribution in [0.4, 0.5) is 0 Å². The van der Waals surface area contributed by atoms with Crippen LogP contribution in [0.15, 0.2) is 12.4 Å². The lowest BCUT2D eigenvalue weighted by atomic mass is 9.90. The van der Waals surface area contributed by atoms with Gasteiger partial charge < -0.3 is 10.2 Å². The van der Waals surface area contributed by atoms with Crippen molar-refractivity contribution in [2.75, 3.05) is 6.54 Å². The van der Waals surface area contributed by atoms with Crippen molar-refractivity contribution in [1.29, 1.82) is 0 Å². The monoisotopic (exact) mass is 210 g/mol. The first-order chi connectivity index (χ1) is 7.03. The van der Waals surface area contributed by atoms with Crippen LogP contribution in [0.5, 0.6) is 0 Å². The molecule has 0 aromatic rings. The third kappa shape index (κ3) is 2.52. The molecule has 1 fully saturated rings. The zero-order valence-electron chi connectivity index (χ0n) is 10.1. The zero-order chi connectivity index (χ0) is 11.5. The highest BCUT2D eigenvalue weighted by molar-refractivity contribution is 5.78. The lowest BCUT2D eigenvalue weighted by molar-refractivity contribution is -0.123. The number of rotatable bonds is 4. The van der Waals surface area contributed by atoms with Crippen molar-refractivity contribution in [2.45, 2.75) is 52.0 Å². The highest BCUT2D eigenvalue weighted by Crippen LogP contribution is 2.29. The Morgan fingerprint density at radius 3 is 2.67 bits per heavy atom. The van der Waals surface area contributed by atoms with Crippen molar-refractivity contribution < 1.29 is 4.79 Å². The summed E-state index contributed by atoms with van der Waals surface area (Å²) in [6, 6.07) is 0. The second kappa shape index (κ2) is 4.69. The number of amides is 1. The maximum Gasteiger partial charge on any atom is 0.227 e. The molecule has 1 saturated heterocycles. The van der Waals surface area contributed by atoms with E-state index in [1.165, 1.54) is 0 Å². The van der Waals surface area contributed by atoms with E-state index in [2.05, 4.69) is 37.6 Å². The maximum absolute atomic E-state index is 11.2. The Balaban J connectivity index is 2.76. The first-order valence-electron chi connectivity index (χ1n) is 5.80. The lowest BCUT2D eigenvalue weighted by Crippen LogP contribution is -2.53. The van der Waals surface area contributed by atoms with E-state index in [0.717, 1.165) is 31.6 Å². The molecular weight excluding hydrogens is 188 g/mol. The van der Waals surface area contributed by atoms with Crippen LogP contribution in [-0.4, -0.2) is 22.9 Å². The fraction of sp³-hybridized carbons (Fsp3) is 0.750. The Kier molecular flexibility index (Phi) is 3.77. The van der Waals surface area contributed by atoms with Crippen LogP contribution < -0.4 is 5.32 Å². The van der Waals surface area contributed by atoms with Gasteiger partial charge in [-0.3, -0.25) is 4.79 Å². The summed E-state index contributed by atoms with van der Waals surface area (Å²) in [7, 11) is 0. The van der Waals surface area contributed by atoms with Gasteiger partial charge in [-0.1, -0.05) is 26.8 Å². The Morgan fingerprint density at radius 2 is 2.20 bits per heavy atom. The molecule has 0 bridgehead atoms. The van der Waals surface area contributed by atoms with Gasteiger partial charge in [0.2, 0.25) is 5.91 Å². The third-order valence-corrected chi connectivity index (χ3v) is 3.37. The fourth-order valence-electron chi connectivity index (χ4n) is 2.28. The highest BCUT2D eigenvalue weighted by Gasteiger charge is 2.33. The quantitative estimate of drug-likeness (QED) is 0.772. The Hall–Kier alpha value is -0.990. The summed E-state index contributed by atoms with van der Waals surface area (Å²) >= 11 is 0. The number of nitrogens with one attached hydrogen (secondary N) is 1. The minimum Gasteiger partial charge on any atom is -0.353 e. The molecule has 0 aromatic heterocycles. The van der Waals surface area contributed by atoms with Gasteiger partial charge in [-0.05, 0) is 19.8 Å². The second-order valence-electron chi connectivity index (χ2n) is 4.50. The summed E-state index contributed by atoms with van der Waals surface area (Å²) in [5.41, 5.74) is 0.138. The Labute approximate surface area is 92.5 Å². The van der Waals surface area contributed by atoms with Gasteiger partial charge in [0.05, 0.1) is 0 Å². The second-order valence-corrected chi connectivity index (χ2v) is 4.50. The fourth-order valence-corrected chi connectivity index (χ4v) is 2.28. The minimum atomic E-state index is 0.0891. The average Bonchev–Trinajstić information content (AvgIpc) is 2.17. The number of carbonyl (C=O) groups excluding carboxylic acids is 1. The van der Waals surface area contributed by atoms with Gasteiger partial charge in [0.15, 0.2) is 0 Å². The molecule has 0 aromatic carbocycles. The van der Waals surface area contributed by atoms with E-state index in [9.17, 15) is 4.79 Å². The number of carbonyl (C=O) groups is 1. The molecule has 1 unspecified atom stereocenters. The van der Waals surface area contributed by atoms with Crippen molar-refractivity contribution in [1.82, 2.24) is 10.2 Å². The van der Waals surface area contributed by atoms with Crippen molar-refractivity contribution in [3.8, 4) is 0 Å². The van der Waals surface area contributed by atoms with E-state index in [0.29, 0.717) is 6.42 Å². The summed E-state index contributed by atoms with van der Waals surface area (Å²) in [4.78, 5) is 13.4. The first-order valence-corrected chi connectivity index (χ1v) is 5.80. The third-order valence-electron chi connectivity index (χ3n) is 3.37. The predicted octanol–water partition coefficient (Wildman–Crippen LogP) is 2.25. The summed E-state index contributed by atoms with van der Waals surface area (Å²) in [6.07, 6.45) is 3.95. The first kappa shape index (κ1) is 12.1. The SMILES string of the molecule is C=C1NC(=O)CCN1C(C)(CC)CCC. The molecule has 0 saturated carbocycles. The van der Waals surface area contributed by atoms with Crippen molar-refractivity contribution in [2.24, 2.45) is 0 Å². The standard InChI is InChI=1S/C12H22N2O/c1-5-8-12(4,6-2)14-9-7-11(15)13-10(14)3/h3,5-9H2,1-2,4H3,(H,13,15). The van der Waals surface area contributed by atoms with Crippen molar-refractivity contribution >= 4 is 5.91 Å². The van der Waals surface area contributed by atoms with Crippen LogP contribution in [0.25, 0.3) is 0 Å². The largest absolute Gasteiger partial charge is 0.353 e. The Bertz CT molecular complexity index is 262. The van der Waals surface area contributed by atoms with Crippen LogP contribution in [0.1, 0.15) is 46.5 Å². The molecular formula is C12H22N2O. The zero-order valence-corrected chi connectivity index (χ0v) is 10.1. The lowest BCUT2D eigenvalue weighted by Gasteiger charge is -2.45. The normalized spacial score (nSPS) is 21.1. The van der Waals surface area contributed by atoms with Gasteiger partial charge in [-0.25, -0.2) is 0 Å². The summed E-state index contributed by atoms with van der Waals surface area (Å²) in [5, 5.41) is 2.82. The predicted molar refractivity (Wildman–Crippen MR) is 62.2 cm³/mol. The van der Waals surface area contributed by atoms with Crippen molar-refractivity contribution in [3.05, 3.63) is 12.4 Å². The Morgan fingerprint density at radius 1 is 1.53 bits per heavy atom. The molecule has 1 heterocycles. The smallest absolute Gasteiger partial charge is 0.227 e. The van der Waals surface area contributed by atoms with E-state index in [1.807, 2.05) is 0 Å². The van der Waals surface area contributed by atoms with Crippen molar-refractivity contribution in [3.63, 3.8) is 0 Å². The average molecular weight is 210 g/mol. The highest BCUT2D eigenvalue weighted by atomic mass is 16.2. The molecule has 3 nitrogen and oxygen atoms in total. The topological polar surface area (TPSA) is 32.3 Å². The number of hydrogen-bond donors (Lipinski definition) is 1. The van der Waals surface area contributed by atoms with Crippen LogP contribution in [-0.2, 0) is 4.79 Å². The molecule has 3 heteroatoms. The van der Waals surface area contributed by atoms with Gasteiger partial charge in [0.1, 0.15) is 5.82 Å². The van der Waals surface area contributed by atoms with E-state index in [1.54, 1.807) is 0 Å². The van der Waals surface area contributed by atoms with Crippen LogP contribution in [0.2, 0.25) is 0 Å². The molecule has 1 aliphatic heterocycles. The van der Waals surface area contributed by atoms with E-state index < -0.39 is 0 Å². The van der Waals surface area contributed by atoms with Crippen LogP contribution >= 0.6 is 0 Å². The molecule has 0 radical (unpaired) electrons. The number of nitrogens with zero attached hydrogens (tertiary/aromatic N) is 1. The van der Waals surface area contributed by atoms with Crippen LogP contribution in [0, 0.1) is 0 Å². The molecule has 1 rings (SSSR count). The van der Waals surface area contributed by atoms with Gasteiger partial charge in [0.25, 0.3) is 0 Å². The van der Waals surface area contributed by atoms with E-state index in [-0.39, 0.29) is 11.4 Å². The summed E-state index contributed by atoms with van der Waals surface area (Å²) in [5.74, 6) is 0.857. The van der Waals surface area contributed by atoms with Crippen LogP contribution in [0.3, 0.4) is 0 Å². The minimum absolute atomic E-state index is 0.0891. The maximum atomic E-state index is 11.2. The molecule has 0 aliphatic carbocycles. The molecule has 15 heavy (non-hydrogen) atoms.